The van der Waals surface area contributed by atoms with Crippen LogP contribution in [0.15, 0.2) is 48.8 Å². The molecule has 1 aromatic carbocycles. The zero-order valence-corrected chi connectivity index (χ0v) is 17.8. The molecule has 0 saturated heterocycles. The summed E-state index contributed by atoms with van der Waals surface area (Å²) in [7, 11) is 1.66. The topological polar surface area (TPSA) is 111 Å². The summed E-state index contributed by atoms with van der Waals surface area (Å²) in [6.45, 7) is 0.670. The molecule has 0 aliphatic rings. The Labute approximate surface area is 188 Å². The predicted octanol–water partition coefficient (Wildman–Crippen LogP) is 4.44. The van der Waals surface area contributed by atoms with Crippen LogP contribution < -0.4 is 10.1 Å². The van der Waals surface area contributed by atoms with E-state index in [0.29, 0.717) is 29.6 Å². The number of nitrogens with one attached hydrogen (secondary N) is 2. The van der Waals surface area contributed by atoms with Crippen LogP contribution in [0.4, 0.5) is 20.4 Å². The second-order valence-electron chi connectivity index (χ2n) is 7.12. The van der Waals surface area contributed by atoms with Gasteiger partial charge >= 0.3 is 0 Å². The molecular formula is C22H21F2N7O2. The van der Waals surface area contributed by atoms with Crippen LogP contribution in [-0.2, 0) is 11.2 Å². The Morgan fingerprint density at radius 3 is 2.64 bits per heavy atom. The second-order valence-corrected chi connectivity index (χ2v) is 7.12. The normalized spacial score (nSPS) is 10.9. The SMILES string of the molecule is COCCCCc1cnc(Nc2ccc(-c3nnn[nH]3)cn2)c(Oc2ccc(F)cc2F)c1. The van der Waals surface area contributed by atoms with Crippen molar-refractivity contribution in [2.24, 2.45) is 0 Å². The molecule has 0 radical (unpaired) electrons. The molecule has 0 saturated carbocycles. The molecule has 0 aliphatic carbocycles. The van der Waals surface area contributed by atoms with Crippen LogP contribution >= 0.6 is 0 Å². The van der Waals surface area contributed by atoms with Gasteiger partial charge in [0.05, 0.1) is 0 Å². The van der Waals surface area contributed by atoms with Crippen molar-refractivity contribution in [2.45, 2.75) is 19.3 Å². The van der Waals surface area contributed by atoms with Gasteiger partial charge in [0.15, 0.2) is 29.0 Å². The first-order valence-corrected chi connectivity index (χ1v) is 10.2. The number of pyridine rings is 2. The molecular weight excluding hydrogens is 432 g/mol. The first-order valence-electron chi connectivity index (χ1n) is 10.2. The maximum Gasteiger partial charge on any atom is 0.180 e. The van der Waals surface area contributed by atoms with Crippen LogP contribution in [0.1, 0.15) is 18.4 Å². The fourth-order valence-electron chi connectivity index (χ4n) is 3.06. The number of hydrogen-bond acceptors (Lipinski definition) is 8. The molecule has 9 nitrogen and oxygen atoms in total. The third kappa shape index (κ3) is 5.83. The minimum absolute atomic E-state index is 0.112. The van der Waals surface area contributed by atoms with Crippen LogP contribution in [0.2, 0.25) is 0 Å². The Balaban J connectivity index is 1.57. The molecule has 33 heavy (non-hydrogen) atoms. The summed E-state index contributed by atoms with van der Waals surface area (Å²) in [5.41, 5.74) is 1.62. The number of rotatable bonds is 10. The first kappa shape index (κ1) is 22.2. The van der Waals surface area contributed by atoms with E-state index in [9.17, 15) is 8.78 Å². The highest BCUT2D eigenvalue weighted by Crippen LogP contribution is 2.32. The third-order valence-electron chi connectivity index (χ3n) is 4.72. The van der Waals surface area contributed by atoms with Gasteiger partial charge in [-0.15, -0.1) is 5.10 Å². The Bertz CT molecular complexity index is 1190. The van der Waals surface area contributed by atoms with Gasteiger partial charge in [-0.2, -0.15) is 0 Å². The lowest BCUT2D eigenvalue weighted by Gasteiger charge is -2.14. The van der Waals surface area contributed by atoms with Crippen molar-refractivity contribution in [1.82, 2.24) is 30.6 Å². The molecule has 0 unspecified atom stereocenters. The monoisotopic (exact) mass is 453 g/mol. The summed E-state index contributed by atoms with van der Waals surface area (Å²) < 4.78 is 38.4. The van der Waals surface area contributed by atoms with Crippen LogP contribution in [0.5, 0.6) is 11.5 Å². The van der Waals surface area contributed by atoms with E-state index in [1.54, 1.807) is 37.7 Å². The van der Waals surface area contributed by atoms with E-state index in [1.165, 1.54) is 6.07 Å². The molecule has 2 N–H and O–H groups in total. The van der Waals surface area contributed by atoms with Crippen LogP contribution in [0.3, 0.4) is 0 Å². The number of tetrazole rings is 1. The van der Waals surface area contributed by atoms with Crippen molar-refractivity contribution in [3.05, 3.63) is 66.0 Å². The van der Waals surface area contributed by atoms with Gasteiger partial charge in [0, 0.05) is 37.7 Å². The maximum absolute atomic E-state index is 14.2. The van der Waals surface area contributed by atoms with E-state index in [0.717, 1.165) is 37.0 Å². The van der Waals surface area contributed by atoms with E-state index in [1.807, 2.05) is 0 Å². The van der Waals surface area contributed by atoms with Gasteiger partial charge in [-0.1, -0.05) is 0 Å². The van der Waals surface area contributed by atoms with Gasteiger partial charge in [0.1, 0.15) is 11.6 Å². The molecule has 170 valence electrons. The minimum Gasteiger partial charge on any atom is -0.450 e. The fraction of sp³-hybridized carbons (Fsp3) is 0.227. The lowest BCUT2D eigenvalue weighted by molar-refractivity contribution is 0.193. The summed E-state index contributed by atoms with van der Waals surface area (Å²) in [5.74, 6) is -0.0178. The van der Waals surface area contributed by atoms with E-state index < -0.39 is 11.6 Å². The Morgan fingerprint density at radius 2 is 1.91 bits per heavy atom. The number of hydrogen-bond donors (Lipinski definition) is 2. The standard InChI is InChI=1S/C22H21F2N7O2/c1-32-9-3-2-4-14-10-19(33-18-7-6-16(23)11-17(18)24)22(26-12-14)27-20-8-5-15(13-25-20)21-28-30-31-29-21/h5-8,10-13H,2-4,9H2,1H3,(H,25,26,27)(H,28,29,30,31). The summed E-state index contributed by atoms with van der Waals surface area (Å²) in [5, 5.41) is 16.7. The summed E-state index contributed by atoms with van der Waals surface area (Å²) in [6, 6.07) is 8.41. The number of unbranched alkanes of at least 4 members (excludes halogenated alkanes) is 1. The lowest BCUT2D eigenvalue weighted by Crippen LogP contribution is -2.02. The van der Waals surface area contributed by atoms with Crippen molar-refractivity contribution in [3.63, 3.8) is 0 Å². The molecule has 0 amide bonds. The van der Waals surface area contributed by atoms with Gasteiger partial charge in [0.2, 0.25) is 0 Å². The van der Waals surface area contributed by atoms with Gasteiger partial charge in [0.25, 0.3) is 0 Å². The zero-order valence-electron chi connectivity index (χ0n) is 17.8. The smallest absolute Gasteiger partial charge is 0.180 e. The zero-order chi connectivity index (χ0) is 23.0. The number of aryl methyl sites for hydroxylation is 1. The average Bonchev–Trinajstić information content (AvgIpc) is 3.36. The molecule has 0 bridgehead atoms. The maximum atomic E-state index is 14.2. The molecule has 0 atom stereocenters. The Kier molecular flexibility index (Phi) is 7.10. The highest BCUT2D eigenvalue weighted by atomic mass is 19.1. The van der Waals surface area contributed by atoms with E-state index in [4.69, 9.17) is 9.47 Å². The van der Waals surface area contributed by atoms with Crippen LogP contribution in [0, 0.1) is 11.6 Å². The first-order chi connectivity index (χ1) is 16.1. The number of benzene rings is 1. The van der Waals surface area contributed by atoms with Gasteiger partial charge < -0.3 is 14.8 Å². The van der Waals surface area contributed by atoms with Gasteiger partial charge in [-0.05, 0) is 65.6 Å². The quantitative estimate of drug-likeness (QED) is 0.339. The summed E-state index contributed by atoms with van der Waals surface area (Å²) in [6.07, 6.45) is 5.85. The molecule has 11 heteroatoms. The van der Waals surface area contributed by atoms with Crippen LogP contribution in [0.25, 0.3) is 11.4 Å². The van der Waals surface area contributed by atoms with Crippen molar-refractivity contribution >= 4 is 11.6 Å². The number of halogens is 2. The van der Waals surface area contributed by atoms with Gasteiger partial charge in [-0.3, -0.25) is 0 Å². The third-order valence-corrected chi connectivity index (χ3v) is 4.72. The summed E-state index contributed by atoms with van der Waals surface area (Å²) in [4.78, 5) is 8.79. The number of aromatic amines is 1. The minimum atomic E-state index is -0.811. The fourth-order valence-corrected chi connectivity index (χ4v) is 3.06. The Hall–Kier alpha value is -3.99. The molecule has 0 aliphatic heterocycles. The number of nitrogens with zero attached hydrogens (tertiary/aromatic N) is 5. The van der Waals surface area contributed by atoms with E-state index >= 15 is 0 Å². The molecule has 3 aromatic heterocycles. The van der Waals surface area contributed by atoms with Crippen molar-refractivity contribution in [3.8, 4) is 22.9 Å². The molecule has 3 heterocycles. The number of aromatic nitrogens is 6. The largest absolute Gasteiger partial charge is 0.450 e. The highest BCUT2D eigenvalue weighted by Gasteiger charge is 2.13. The van der Waals surface area contributed by atoms with E-state index in [2.05, 4.69) is 35.9 Å². The van der Waals surface area contributed by atoms with Crippen molar-refractivity contribution < 1.29 is 18.3 Å². The van der Waals surface area contributed by atoms with Gasteiger partial charge in [-0.25, -0.2) is 23.8 Å². The second kappa shape index (κ2) is 10.6. The molecule has 0 fully saturated rings. The van der Waals surface area contributed by atoms with Crippen molar-refractivity contribution in [1.29, 1.82) is 0 Å². The average molecular weight is 453 g/mol. The Morgan fingerprint density at radius 1 is 1.00 bits per heavy atom. The number of anilines is 2. The summed E-state index contributed by atoms with van der Waals surface area (Å²) >= 11 is 0. The molecule has 4 rings (SSSR count). The molecule has 0 spiro atoms. The number of methoxy groups -OCH3 is 1. The number of H-pyrrole nitrogens is 1. The number of ether oxygens (including phenoxy) is 2. The molecule has 4 aromatic rings. The van der Waals surface area contributed by atoms with E-state index in [-0.39, 0.29) is 11.5 Å². The predicted molar refractivity (Wildman–Crippen MR) is 116 cm³/mol. The van der Waals surface area contributed by atoms with Crippen LogP contribution in [-0.4, -0.2) is 44.3 Å². The highest BCUT2D eigenvalue weighted by molar-refractivity contribution is 5.63. The van der Waals surface area contributed by atoms with Crippen molar-refractivity contribution in [2.75, 3.05) is 19.0 Å². The lowest BCUT2D eigenvalue weighted by atomic mass is 10.1.